The van der Waals surface area contributed by atoms with E-state index in [1.54, 1.807) is 26.4 Å². The van der Waals surface area contributed by atoms with Gasteiger partial charge in [0, 0.05) is 6.54 Å². The lowest BCUT2D eigenvalue weighted by atomic mass is 10.1. The first-order valence-corrected chi connectivity index (χ1v) is 6.54. The summed E-state index contributed by atoms with van der Waals surface area (Å²) in [6.45, 7) is 0.742. The van der Waals surface area contributed by atoms with Crippen LogP contribution in [-0.4, -0.2) is 31.0 Å². The molecule has 0 bridgehead atoms. The van der Waals surface area contributed by atoms with Crippen LogP contribution in [0.5, 0.6) is 11.5 Å². The average molecular weight is 294 g/mol. The molecule has 0 saturated carbocycles. The zero-order valence-electron chi connectivity index (χ0n) is 11.4. The quantitative estimate of drug-likeness (QED) is 0.887. The first-order chi connectivity index (χ1) is 9.72. The van der Waals surface area contributed by atoms with Gasteiger partial charge in [0.25, 0.3) is 0 Å². The van der Waals surface area contributed by atoms with Crippen molar-refractivity contribution in [2.24, 2.45) is 0 Å². The van der Waals surface area contributed by atoms with Gasteiger partial charge >= 0.3 is 0 Å². The van der Waals surface area contributed by atoms with E-state index in [-0.39, 0.29) is 0 Å². The summed E-state index contributed by atoms with van der Waals surface area (Å²) in [6.07, 6.45) is 0.838. The van der Waals surface area contributed by atoms with Crippen LogP contribution in [0.2, 0.25) is 5.15 Å². The van der Waals surface area contributed by atoms with E-state index in [1.807, 2.05) is 18.2 Å². The number of aromatic nitrogens is 2. The van der Waals surface area contributed by atoms with Crippen LogP contribution in [0, 0.1) is 0 Å². The Kier molecular flexibility index (Phi) is 5.01. The van der Waals surface area contributed by atoms with Gasteiger partial charge in [0.2, 0.25) is 0 Å². The number of ether oxygens (including phenoxy) is 2. The Morgan fingerprint density at radius 2 is 1.85 bits per heavy atom. The fraction of sp³-hybridized carbons (Fsp3) is 0.286. The Morgan fingerprint density at radius 1 is 1.05 bits per heavy atom. The Balaban J connectivity index is 1.92. The number of nitrogens with zero attached hydrogens (tertiary/aromatic N) is 2. The first-order valence-electron chi connectivity index (χ1n) is 6.17. The maximum atomic E-state index is 5.68. The van der Waals surface area contributed by atoms with Gasteiger partial charge in [0.1, 0.15) is 5.82 Å². The second-order valence-electron chi connectivity index (χ2n) is 4.11. The van der Waals surface area contributed by atoms with Crippen LogP contribution in [0.1, 0.15) is 5.56 Å². The summed E-state index contributed by atoms with van der Waals surface area (Å²) in [6, 6.07) is 9.37. The van der Waals surface area contributed by atoms with Gasteiger partial charge in [0.05, 0.1) is 14.2 Å². The van der Waals surface area contributed by atoms with Crippen LogP contribution in [0.4, 0.5) is 5.82 Å². The minimum atomic E-state index is 0.385. The molecular formula is C14H16ClN3O2. The molecule has 0 atom stereocenters. The van der Waals surface area contributed by atoms with Gasteiger partial charge < -0.3 is 14.8 Å². The number of rotatable bonds is 6. The summed E-state index contributed by atoms with van der Waals surface area (Å²) in [5, 5.41) is 11.3. The number of hydrogen-bond acceptors (Lipinski definition) is 5. The molecule has 0 spiro atoms. The summed E-state index contributed by atoms with van der Waals surface area (Å²) < 4.78 is 10.5. The molecule has 2 aromatic rings. The fourth-order valence-electron chi connectivity index (χ4n) is 1.78. The lowest BCUT2D eigenvalue weighted by Gasteiger charge is -2.10. The van der Waals surface area contributed by atoms with Crippen LogP contribution < -0.4 is 14.8 Å². The third-order valence-corrected chi connectivity index (χ3v) is 3.00. The van der Waals surface area contributed by atoms with Gasteiger partial charge in [-0.05, 0) is 36.2 Å². The highest BCUT2D eigenvalue weighted by Crippen LogP contribution is 2.27. The van der Waals surface area contributed by atoms with Crippen molar-refractivity contribution in [3.8, 4) is 11.5 Å². The van der Waals surface area contributed by atoms with E-state index < -0.39 is 0 Å². The van der Waals surface area contributed by atoms with E-state index in [0.717, 1.165) is 30.0 Å². The van der Waals surface area contributed by atoms with Gasteiger partial charge in [-0.15, -0.1) is 10.2 Å². The SMILES string of the molecule is COc1ccc(CCNc2ccc(Cl)nn2)cc1OC. The highest BCUT2D eigenvalue weighted by atomic mass is 35.5. The molecule has 0 amide bonds. The summed E-state index contributed by atoms with van der Waals surface area (Å²) in [5.74, 6) is 2.17. The molecular weight excluding hydrogens is 278 g/mol. The lowest BCUT2D eigenvalue weighted by molar-refractivity contribution is 0.354. The molecule has 2 rings (SSSR count). The highest BCUT2D eigenvalue weighted by molar-refractivity contribution is 6.29. The van der Waals surface area contributed by atoms with Crippen molar-refractivity contribution in [2.75, 3.05) is 26.1 Å². The minimum absolute atomic E-state index is 0.385. The normalized spacial score (nSPS) is 10.2. The molecule has 6 heteroatoms. The molecule has 20 heavy (non-hydrogen) atoms. The average Bonchev–Trinajstić information content (AvgIpc) is 2.49. The van der Waals surface area contributed by atoms with E-state index >= 15 is 0 Å². The number of hydrogen-bond donors (Lipinski definition) is 1. The molecule has 1 aromatic heterocycles. The number of halogens is 1. The molecule has 1 aromatic carbocycles. The monoisotopic (exact) mass is 293 g/mol. The molecule has 106 valence electrons. The Bertz CT molecular complexity index is 561. The summed E-state index contributed by atoms with van der Waals surface area (Å²) >= 11 is 5.68. The van der Waals surface area contributed by atoms with Crippen LogP contribution in [0.3, 0.4) is 0 Å². The number of anilines is 1. The zero-order valence-corrected chi connectivity index (χ0v) is 12.1. The van der Waals surface area contributed by atoms with Crippen molar-refractivity contribution >= 4 is 17.4 Å². The predicted octanol–water partition coefficient (Wildman–Crippen LogP) is 2.80. The molecule has 1 heterocycles. The van der Waals surface area contributed by atoms with E-state index in [4.69, 9.17) is 21.1 Å². The Labute approximate surface area is 122 Å². The van der Waals surface area contributed by atoms with E-state index in [9.17, 15) is 0 Å². The summed E-state index contributed by atoms with van der Waals surface area (Å²) in [4.78, 5) is 0. The van der Waals surface area contributed by atoms with Crippen LogP contribution in [0.25, 0.3) is 0 Å². The van der Waals surface area contributed by atoms with Gasteiger partial charge in [-0.25, -0.2) is 0 Å². The summed E-state index contributed by atoms with van der Waals surface area (Å²) in [7, 11) is 3.25. The largest absolute Gasteiger partial charge is 0.493 e. The van der Waals surface area contributed by atoms with Crippen LogP contribution >= 0.6 is 11.6 Å². The Hall–Kier alpha value is -2.01. The molecule has 0 unspecified atom stereocenters. The first kappa shape index (κ1) is 14.4. The second-order valence-corrected chi connectivity index (χ2v) is 4.49. The van der Waals surface area contributed by atoms with Gasteiger partial charge in [-0.2, -0.15) is 0 Å². The molecule has 0 aliphatic heterocycles. The van der Waals surface area contributed by atoms with Crippen molar-refractivity contribution in [3.05, 3.63) is 41.0 Å². The van der Waals surface area contributed by atoms with Gasteiger partial charge in [0.15, 0.2) is 16.7 Å². The topological polar surface area (TPSA) is 56.3 Å². The molecule has 0 saturated heterocycles. The van der Waals surface area contributed by atoms with Crippen LogP contribution in [-0.2, 0) is 6.42 Å². The maximum absolute atomic E-state index is 5.68. The van der Waals surface area contributed by atoms with Gasteiger partial charge in [-0.1, -0.05) is 17.7 Å². The fourth-order valence-corrected chi connectivity index (χ4v) is 1.88. The van der Waals surface area contributed by atoms with Crippen molar-refractivity contribution in [3.63, 3.8) is 0 Å². The van der Waals surface area contributed by atoms with Crippen molar-refractivity contribution in [1.29, 1.82) is 0 Å². The molecule has 0 radical (unpaired) electrons. The minimum Gasteiger partial charge on any atom is -0.493 e. The predicted molar refractivity (Wildman–Crippen MR) is 78.8 cm³/mol. The standard InChI is InChI=1S/C14H16ClN3O2/c1-19-11-4-3-10(9-12(11)20-2)7-8-16-14-6-5-13(15)17-18-14/h3-6,9H,7-8H2,1-2H3,(H,16,18). The van der Waals surface area contributed by atoms with E-state index in [1.165, 1.54) is 0 Å². The van der Waals surface area contributed by atoms with Crippen LogP contribution in [0.15, 0.2) is 30.3 Å². The van der Waals surface area contributed by atoms with E-state index in [0.29, 0.717) is 11.0 Å². The Morgan fingerprint density at radius 3 is 2.50 bits per heavy atom. The number of benzene rings is 1. The van der Waals surface area contributed by atoms with E-state index in [2.05, 4.69) is 15.5 Å². The van der Waals surface area contributed by atoms with Crippen molar-refractivity contribution in [1.82, 2.24) is 10.2 Å². The smallest absolute Gasteiger partial charge is 0.160 e. The molecule has 0 aliphatic carbocycles. The molecule has 1 N–H and O–H groups in total. The maximum Gasteiger partial charge on any atom is 0.160 e. The van der Waals surface area contributed by atoms with Crippen molar-refractivity contribution < 1.29 is 9.47 Å². The summed E-state index contributed by atoms with van der Waals surface area (Å²) in [5.41, 5.74) is 1.15. The molecule has 0 aliphatic rings. The lowest BCUT2D eigenvalue weighted by Crippen LogP contribution is -2.07. The molecule has 5 nitrogen and oxygen atoms in total. The zero-order chi connectivity index (χ0) is 14.4. The third kappa shape index (κ3) is 3.74. The number of methoxy groups -OCH3 is 2. The molecule has 0 fully saturated rings. The number of nitrogens with one attached hydrogen (secondary N) is 1. The third-order valence-electron chi connectivity index (χ3n) is 2.80. The second kappa shape index (κ2) is 6.96. The highest BCUT2D eigenvalue weighted by Gasteiger charge is 2.04. The van der Waals surface area contributed by atoms with Gasteiger partial charge in [-0.3, -0.25) is 0 Å². The van der Waals surface area contributed by atoms with Crippen molar-refractivity contribution in [2.45, 2.75) is 6.42 Å².